The molecule has 0 unspecified atom stereocenters. The van der Waals surface area contributed by atoms with Gasteiger partial charge in [-0.25, -0.2) is 0 Å². The van der Waals surface area contributed by atoms with Crippen molar-refractivity contribution >= 4 is 11.9 Å². The predicted molar refractivity (Wildman–Crippen MR) is 96.6 cm³/mol. The highest BCUT2D eigenvalue weighted by Gasteiger charge is 2.17. The van der Waals surface area contributed by atoms with Crippen molar-refractivity contribution in [2.75, 3.05) is 7.11 Å². The van der Waals surface area contributed by atoms with Crippen LogP contribution in [0.5, 0.6) is 11.5 Å². The van der Waals surface area contributed by atoms with Crippen molar-refractivity contribution in [1.29, 1.82) is 0 Å². The number of hydrogen-bond acceptors (Lipinski definition) is 3. The van der Waals surface area contributed by atoms with Gasteiger partial charge in [-0.3, -0.25) is 4.99 Å². The number of benzene rings is 3. The molecule has 24 heavy (non-hydrogen) atoms. The van der Waals surface area contributed by atoms with Crippen molar-refractivity contribution in [2.45, 2.75) is 6.42 Å². The summed E-state index contributed by atoms with van der Waals surface area (Å²) in [6.07, 6.45) is 2.65. The Labute approximate surface area is 140 Å². The lowest BCUT2D eigenvalue weighted by molar-refractivity contribution is 0.373. The van der Waals surface area contributed by atoms with Crippen molar-refractivity contribution < 1.29 is 9.84 Å². The van der Waals surface area contributed by atoms with Crippen molar-refractivity contribution in [3.8, 4) is 22.6 Å². The van der Waals surface area contributed by atoms with E-state index in [9.17, 15) is 5.11 Å². The standard InChI is InChI=1S/C21H17NO2/c1-24-20-8-4-6-16(21(20)23)13-22-17-10-9-15-11-14-5-2-3-7-18(14)19(15)12-17/h2-10,12-13,23H,11H2,1H3. The van der Waals surface area contributed by atoms with E-state index in [1.165, 1.54) is 29.4 Å². The topological polar surface area (TPSA) is 41.8 Å². The Morgan fingerprint density at radius 3 is 2.67 bits per heavy atom. The molecule has 1 aliphatic carbocycles. The highest BCUT2D eigenvalue weighted by molar-refractivity contribution is 5.87. The number of phenols is 1. The Bertz CT molecular complexity index is 944. The molecule has 0 aromatic heterocycles. The van der Waals surface area contributed by atoms with Gasteiger partial charge in [0, 0.05) is 11.8 Å². The van der Waals surface area contributed by atoms with E-state index >= 15 is 0 Å². The summed E-state index contributed by atoms with van der Waals surface area (Å²) in [5.41, 5.74) is 6.73. The number of phenolic OH excluding ortho intramolecular Hbond substituents is 1. The molecule has 0 aliphatic heterocycles. The SMILES string of the molecule is COc1cccc(C=Nc2ccc3c(c2)-c2ccccc2C3)c1O. The lowest BCUT2D eigenvalue weighted by Gasteiger charge is -2.05. The van der Waals surface area contributed by atoms with Gasteiger partial charge >= 0.3 is 0 Å². The van der Waals surface area contributed by atoms with Crippen LogP contribution in [0.1, 0.15) is 16.7 Å². The van der Waals surface area contributed by atoms with Crippen LogP contribution in [0.15, 0.2) is 65.7 Å². The fraction of sp³-hybridized carbons (Fsp3) is 0.0952. The van der Waals surface area contributed by atoms with Gasteiger partial charge in [-0.05, 0) is 52.9 Å². The van der Waals surface area contributed by atoms with E-state index in [0.717, 1.165) is 12.1 Å². The molecule has 0 atom stereocenters. The van der Waals surface area contributed by atoms with Gasteiger partial charge < -0.3 is 9.84 Å². The highest BCUT2D eigenvalue weighted by Crippen LogP contribution is 2.38. The van der Waals surface area contributed by atoms with Crippen LogP contribution in [0, 0.1) is 0 Å². The molecule has 0 heterocycles. The second kappa shape index (κ2) is 5.85. The molecular formula is C21H17NO2. The Kier molecular flexibility index (Phi) is 3.54. The van der Waals surface area contributed by atoms with Gasteiger partial charge in [0.15, 0.2) is 11.5 Å². The first-order valence-corrected chi connectivity index (χ1v) is 7.87. The van der Waals surface area contributed by atoms with Crippen LogP contribution < -0.4 is 4.74 Å². The lowest BCUT2D eigenvalue weighted by atomic mass is 10.1. The van der Waals surface area contributed by atoms with Gasteiger partial charge in [0.05, 0.1) is 12.8 Å². The van der Waals surface area contributed by atoms with Gasteiger partial charge in [0.1, 0.15) is 0 Å². The first kappa shape index (κ1) is 14.5. The molecule has 0 saturated carbocycles. The van der Waals surface area contributed by atoms with E-state index in [0.29, 0.717) is 11.3 Å². The van der Waals surface area contributed by atoms with Gasteiger partial charge in [0.25, 0.3) is 0 Å². The summed E-state index contributed by atoms with van der Waals surface area (Å²) in [4.78, 5) is 4.52. The van der Waals surface area contributed by atoms with Crippen LogP contribution in [0.2, 0.25) is 0 Å². The molecule has 1 aliphatic rings. The van der Waals surface area contributed by atoms with Gasteiger partial charge in [-0.15, -0.1) is 0 Å². The van der Waals surface area contributed by atoms with E-state index in [4.69, 9.17) is 4.74 Å². The van der Waals surface area contributed by atoms with Gasteiger partial charge in [-0.2, -0.15) is 0 Å². The third kappa shape index (κ3) is 2.44. The second-order valence-electron chi connectivity index (χ2n) is 5.83. The molecule has 1 N–H and O–H groups in total. The molecule has 4 rings (SSSR count). The second-order valence-corrected chi connectivity index (χ2v) is 5.83. The molecule has 3 heteroatoms. The van der Waals surface area contributed by atoms with E-state index in [1.54, 1.807) is 12.3 Å². The number of fused-ring (bicyclic) bond motifs is 3. The Balaban J connectivity index is 1.68. The third-order valence-electron chi connectivity index (χ3n) is 4.38. The Morgan fingerprint density at radius 2 is 1.79 bits per heavy atom. The maximum Gasteiger partial charge on any atom is 0.166 e. The molecule has 0 bridgehead atoms. The first-order chi connectivity index (χ1) is 11.8. The number of methoxy groups -OCH3 is 1. The van der Waals surface area contributed by atoms with Crippen molar-refractivity contribution in [2.24, 2.45) is 4.99 Å². The average molecular weight is 315 g/mol. The zero-order chi connectivity index (χ0) is 16.5. The van der Waals surface area contributed by atoms with Gasteiger partial charge in [0.2, 0.25) is 0 Å². The summed E-state index contributed by atoms with van der Waals surface area (Å²) in [6.45, 7) is 0. The van der Waals surface area contributed by atoms with Crippen LogP contribution in [0.4, 0.5) is 5.69 Å². The molecule has 3 aromatic carbocycles. The minimum absolute atomic E-state index is 0.107. The Morgan fingerprint density at radius 1 is 0.958 bits per heavy atom. The molecule has 0 radical (unpaired) electrons. The van der Waals surface area contributed by atoms with Crippen LogP contribution in [0.3, 0.4) is 0 Å². The summed E-state index contributed by atoms with van der Waals surface area (Å²) >= 11 is 0. The van der Waals surface area contributed by atoms with Gasteiger partial charge in [-0.1, -0.05) is 36.4 Å². The number of hydrogen-bond donors (Lipinski definition) is 1. The quantitative estimate of drug-likeness (QED) is 0.556. The number of rotatable bonds is 3. The molecule has 0 spiro atoms. The number of nitrogens with zero attached hydrogens (tertiary/aromatic N) is 1. The number of aliphatic imine (C=N–C) groups is 1. The maximum absolute atomic E-state index is 10.1. The number of ether oxygens (including phenoxy) is 1. The van der Waals surface area contributed by atoms with Crippen molar-refractivity contribution in [3.05, 3.63) is 77.4 Å². The maximum atomic E-state index is 10.1. The summed E-state index contributed by atoms with van der Waals surface area (Å²) in [5, 5.41) is 10.1. The largest absolute Gasteiger partial charge is 0.504 e. The first-order valence-electron chi connectivity index (χ1n) is 7.87. The molecule has 3 aromatic rings. The molecule has 0 fully saturated rings. The molecule has 118 valence electrons. The predicted octanol–water partition coefficient (Wildman–Crippen LogP) is 4.72. The van der Waals surface area contributed by atoms with Crippen LogP contribution in [-0.4, -0.2) is 18.4 Å². The number of para-hydroxylation sites is 1. The average Bonchev–Trinajstić information content (AvgIpc) is 2.99. The minimum atomic E-state index is 0.107. The number of aromatic hydroxyl groups is 1. The molecular weight excluding hydrogens is 298 g/mol. The fourth-order valence-corrected chi connectivity index (χ4v) is 3.14. The van der Waals surface area contributed by atoms with E-state index in [1.807, 2.05) is 18.2 Å². The van der Waals surface area contributed by atoms with E-state index in [2.05, 4.69) is 41.4 Å². The van der Waals surface area contributed by atoms with E-state index < -0.39 is 0 Å². The fourth-order valence-electron chi connectivity index (χ4n) is 3.14. The molecule has 0 saturated heterocycles. The summed E-state index contributed by atoms with van der Waals surface area (Å²) < 4.78 is 5.13. The van der Waals surface area contributed by atoms with Crippen LogP contribution in [0.25, 0.3) is 11.1 Å². The summed E-state index contributed by atoms with van der Waals surface area (Å²) in [7, 11) is 1.54. The van der Waals surface area contributed by atoms with Crippen LogP contribution >= 0.6 is 0 Å². The normalized spacial score (nSPS) is 12.2. The van der Waals surface area contributed by atoms with Crippen molar-refractivity contribution in [3.63, 3.8) is 0 Å². The molecule has 0 amide bonds. The van der Waals surface area contributed by atoms with E-state index in [-0.39, 0.29) is 5.75 Å². The van der Waals surface area contributed by atoms with Crippen molar-refractivity contribution in [1.82, 2.24) is 0 Å². The molecule has 3 nitrogen and oxygen atoms in total. The third-order valence-corrected chi connectivity index (χ3v) is 4.38. The zero-order valence-corrected chi connectivity index (χ0v) is 13.4. The smallest absolute Gasteiger partial charge is 0.166 e. The monoisotopic (exact) mass is 315 g/mol. The summed E-state index contributed by atoms with van der Waals surface area (Å²) in [5.74, 6) is 0.553. The zero-order valence-electron chi connectivity index (χ0n) is 13.4. The summed E-state index contributed by atoms with van der Waals surface area (Å²) in [6, 6.07) is 20.1. The minimum Gasteiger partial charge on any atom is -0.504 e. The Hall–Kier alpha value is -3.07. The lowest BCUT2D eigenvalue weighted by Crippen LogP contribution is -1.88. The van der Waals surface area contributed by atoms with Crippen LogP contribution in [-0.2, 0) is 6.42 Å². The highest BCUT2D eigenvalue weighted by atomic mass is 16.5.